The van der Waals surface area contributed by atoms with Crippen molar-refractivity contribution in [1.29, 1.82) is 0 Å². The zero-order chi connectivity index (χ0) is 19.0. The molecule has 0 heterocycles. The van der Waals surface area contributed by atoms with Crippen molar-refractivity contribution in [2.75, 3.05) is 6.61 Å². The van der Waals surface area contributed by atoms with Gasteiger partial charge in [-0.3, -0.25) is 0 Å². The molecule has 0 aliphatic rings. The van der Waals surface area contributed by atoms with Crippen LogP contribution in [-0.4, -0.2) is 12.6 Å². The molecule has 0 amide bonds. The van der Waals surface area contributed by atoms with Gasteiger partial charge in [-0.15, -0.1) is 0 Å². The standard InChI is InChI=1S/C24H25O2P/c1-2-26-24(25)19-12-20-27(21-13-6-3-7-14-21,22-15-8-4-9-16-22)23-17-10-5-11-18-23/h3-18,20,27H,2,19H2,1H3. The molecule has 0 aliphatic heterocycles. The van der Waals surface area contributed by atoms with Crippen molar-refractivity contribution in [3.63, 3.8) is 0 Å². The Morgan fingerprint density at radius 2 is 1.19 bits per heavy atom. The van der Waals surface area contributed by atoms with Gasteiger partial charge in [0.05, 0.1) is 0 Å². The van der Waals surface area contributed by atoms with Gasteiger partial charge in [-0.2, -0.15) is 0 Å². The zero-order valence-electron chi connectivity index (χ0n) is 15.5. The fourth-order valence-electron chi connectivity index (χ4n) is 3.44. The molecule has 0 aliphatic carbocycles. The van der Waals surface area contributed by atoms with Gasteiger partial charge in [0.25, 0.3) is 0 Å². The number of carbonyl (C=O) groups is 1. The predicted octanol–water partition coefficient (Wildman–Crippen LogP) is 4.18. The minimum absolute atomic E-state index is 0.189. The van der Waals surface area contributed by atoms with Crippen LogP contribution in [0.1, 0.15) is 13.3 Å². The van der Waals surface area contributed by atoms with Crippen molar-refractivity contribution in [3.05, 3.63) is 103 Å². The molecule has 3 rings (SSSR count). The Labute approximate surface area is 161 Å². The van der Waals surface area contributed by atoms with Crippen LogP contribution in [0.5, 0.6) is 0 Å². The summed E-state index contributed by atoms with van der Waals surface area (Å²) in [5.74, 6) is 2.08. The molecule has 3 heteroatoms. The van der Waals surface area contributed by atoms with E-state index < -0.39 is 7.26 Å². The van der Waals surface area contributed by atoms with Gasteiger partial charge in [-0.1, -0.05) is 0 Å². The van der Waals surface area contributed by atoms with Crippen LogP contribution in [0.2, 0.25) is 0 Å². The maximum atomic E-state index is 11.9. The van der Waals surface area contributed by atoms with E-state index in [-0.39, 0.29) is 12.4 Å². The summed E-state index contributed by atoms with van der Waals surface area (Å²) in [6.45, 7) is 2.24. The first-order valence-corrected chi connectivity index (χ1v) is 11.3. The Bertz CT molecular complexity index is 777. The van der Waals surface area contributed by atoms with Gasteiger partial charge in [0.15, 0.2) is 0 Å². The summed E-state index contributed by atoms with van der Waals surface area (Å²) >= 11 is 0. The van der Waals surface area contributed by atoms with Gasteiger partial charge < -0.3 is 0 Å². The Balaban J connectivity index is 2.17. The van der Waals surface area contributed by atoms with Crippen LogP contribution in [0.25, 0.3) is 0 Å². The van der Waals surface area contributed by atoms with Gasteiger partial charge in [0.1, 0.15) is 0 Å². The van der Waals surface area contributed by atoms with E-state index in [1.54, 1.807) is 0 Å². The summed E-state index contributed by atoms with van der Waals surface area (Å²) in [5, 5.41) is 3.88. The van der Waals surface area contributed by atoms with E-state index >= 15 is 0 Å². The Kier molecular flexibility index (Phi) is 6.57. The van der Waals surface area contributed by atoms with E-state index in [9.17, 15) is 4.79 Å². The molecule has 0 spiro atoms. The summed E-state index contributed by atoms with van der Waals surface area (Å²) in [6.07, 6.45) is 2.27. The second kappa shape index (κ2) is 9.30. The molecule has 0 fully saturated rings. The van der Waals surface area contributed by atoms with Crippen LogP contribution in [0, 0.1) is 0 Å². The van der Waals surface area contributed by atoms with Crippen molar-refractivity contribution >= 4 is 29.1 Å². The molecule has 27 heavy (non-hydrogen) atoms. The molecular weight excluding hydrogens is 351 g/mol. The predicted molar refractivity (Wildman–Crippen MR) is 117 cm³/mol. The molecule has 3 aromatic rings. The third kappa shape index (κ3) is 4.35. The van der Waals surface area contributed by atoms with Crippen molar-refractivity contribution in [2.24, 2.45) is 0 Å². The summed E-state index contributed by atoms with van der Waals surface area (Å²) < 4.78 is 5.10. The van der Waals surface area contributed by atoms with Gasteiger partial charge in [-0.25, -0.2) is 0 Å². The molecule has 3 aromatic carbocycles. The third-order valence-electron chi connectivity index (χ3n) is 4.65. The summed E-state index contributed by atoms with van der Waals surface area (Å²) in [4.78, 5) is 11.9. The van der Waals surface area contributed by atoms with E-state index in [0.29, 0.717) is 6.61 Å². The number of benzene rings is 3. The second-order valence-electron chi connectivity index (χ2n) is 6.32. The van der Waals surface area contributed by atoms with E-state index in [4.69, 9.17) is 4.74 Å². The van der Waals surface area contributed by atoms with E-state index in [1.165, 1.54) is 15.9 Å². The first kappa shape index (κ1) is 19.1. The molecule has 0 unspecified atom stereocenters. The summed E-state index contributed by atoms with van der Waals surface area (Å²) in [6, 6.07) is 31.8. The van der Waals surface area contributed by atoms with Gasteiger partial charge >= 0.3 is 162 Å². The molecule has 0 radical (unpaired) electrons. The van der Waals surface area contributed by atoms with E-state index in [2.05, 4.69) is 78.6 Å². The monoisotopic (exact) mass is 376 g/mol. The fourth-order valence-corrected chi connectivity index (χ4v) is 7.65. The topological polar surface area (TPSA) is 26.3 Å². The average molecular weight is 376 g/mol. The number of hydrogen-bond acceptors (Lipinski definition) is 2. The van der Waals surface area contributed by atoms with Crippen molar-refractivity contribution in [3.8, 4) is 0 Å². The second-order valence-corrected chi connectivity index (χ2v) is 10.00. The van der Waals surface area contributed by atoms with Gasteiger partial charge in [0, 0.05) is 0 Å². The van der Waals surface area contributed by atoms with Crippen molar-refractivity contribution < 1.29 is 9.53 Å². The van der Waals surface area contributed by atoms with Crippen LogP contribution in [0.15, 0.2) is 103 Å². The number of carbonyl (C=O) groups excluding carboxylic acids is 1. The number of ether oxygens (including phenoxy) is 1. The molecule has 0 saturated heterocycles. The summed E-state index contributed by atoms with van der Waals surface area (Å²) in [5.41, 5.74) is 0. The SMILES string of the molecule is CCOC(=O)CC=C[PH](c1ccccc1)(c1ccccc1)c1ccccc1. The van der Waals surface area contributed by atoms with Crippen LogP contribution >= 0.6 is 7.26 Å². The molecular formula is C24H25O2P. The first-order chi connectivity index (χ1) is 13.3. The van der Waals surface area contributed by atoms with Crippen LogP contribution in [-0.2, 0) is 9.53 Å². The van der Waals surface area contributed by atoms with E-state index in [1.807, 2.05) is 31.2 Å². The first-order valence-electron chi connectivity index (χ1n) is 9.27. The number of rotatable bonds is 7. The zero-order valence-corrected chi connectivity index (χ0v) is 16.5. The van der Waals surface area contributed by atoms with Crippen molar-refractivity contribution in [2.45, 2.75) is 13.3 Å². The van der Waals surface area contributed by atoms with Crippen LogP contribution < -0.4 is 15.9 Å². The molecule has 0 saturated carbocycles. The third-order valence-corrected chi connectivity index (χ3v) is 9.11. The molecule has 2 nitrogen and oxygen atoms in total. The van der Waals surface area contributed by atoms with Gasteiger partial charge in [-0.05, 0) is 0 Å². The summed E-state index contributed by atoms with van der Waals surface area (Å²) in [7, 11) is -2.40. The molecule has 0 aromatic heterocycles. The van der Waals surface area contributed by atoms with Crippen molar-refractivity contribution in [1.82, 2.24) is 0 Å². The van der Waals surface area contributed by atoms with E-state index in [0.717, 1.165) is 0 Å². The molecule has 138 valence electrons. The quantitative estimate of drug-likeness (QED) is 0.457. The number of esters is 1. The molecule has 0 bridgehead atoms. The molecule has 0 atom stereocenters. The van der Waals surface area contributed by atoms with Crippen LogP contribution in [0.3, 0.4) is 0 Å². The van der Waals surface area contributed by atoms with Gasteiger partial charge in [0.2, 0.25) is 0 Å². The minimum atomic E-state index is -2.40. The average Bonchev–Trinajstić information content (AvgIpc) is 2.73. The Hall–Kier alpha value is -2.70. The normalized spacial score (nSPS) is 12.0. The Morgan fingerprint density at radius 1 is 0.778 bits per heavy atom. The number of hydrogen-bond donors (Lipinski definition) is 0. The van der Waals surface area contributed by atoms with Crippen LogP contribution in [0.4, 0.5) is 0 Å². The Morgan fingerprint density at radius 3 is 1.56 bits per heavy atom. The molecule has 0 N–H and O–H groups in total. The maximum absolute atomic E-state index is 11.9. The fraction of sp³-hybridized carbons (Fsp3) is 0.125.